The number of guanidine groups is 1. The molecule has 0 bridgehead atoms. The third-order valence-electron chi connectivity index (χ3n) is 5.84. The van der Waals surface area contributed by atoms with Gasteiger partial charge in [-0.2, -0.15) is 0 Å². The number of hydrogen-bond donors (Lipinski definition) is 2. The number of imidazole rings is 1. The number of pyridine rings is 1. The predicted octanol–water partition coefficient (Wildman–Crippen LogP) is 2.60. The van der Waals surface area contributed by atoms with E-state index in [4.69, 9.17) is 9.47 Å². The number of aromatic nitrogens is 2. The molecule has 1 fully saturated rings. The topological polar surface area (TPSA) is 75.4 Å². The largest absolute Gasteiger partial charge is 0.497 e. The molecule has 1 aliphatic rings. The van der Waals surface area contributed by atoms with Crippen LogP contribution in [-0.4, -0.2) is 60.6 Å². The molecule has 1 aliphatic heterocycles. The molecule has 3 heterocycles. The highest BCUT2D eigenvalue weighted by atomic mass is 16.5. The van der Waals surface area contributed by atoms with Crippen LogP contribution in [0.3, 0.4) is 0 Å². The summed E-state index contributed by atoms with van der Waals surface area (Å²) in [5.41, 5.74) is 4.31. The molecule has 8 nitrogen and oxygen atoms in total. The van der Waals surface area contributed by atoms with Crippen LogP contribution in [0.1, 0.15) is 23.4 Å². The number of nitrogens with one attached hydrogen (secondary N) is 2. The van der Waals surface area contributed by atoms with Crippen LogP contribution in [-0.2, 0) is 13.1 Å². The van der Waals surface area contributed by atoms with E-state index in [1.54, 1.807) is 21.3 Å². The Morgan fingerprint density at radius 1 is 1.19 bits per heavy atom. The molecule has 32 heavy (non-hydrogen) atoms. The molecule has 0 aliphatic carbocycles. The highest BCUT2D eigenvalue weighted by Gasteiger charge is 2.23. The number of nitrogens with zero attached hydrogens (tertiary/aromatic N) is 4. The minimum absolute atomic E-state index is 0.344. The van der Waals surface area contributed by atoms with Gasteiger partial charge in [0.1, 0.15) is 17.1 Å². The summed E-state index contributed by atoms with van der Waals surface area (Å²) in [6.45, 7) is 5.55. The van der Waals surface area contributed by atoms with Gasteiger partial charge in [0.2, 0.25) is 0 Å². The lowest BCUT2D eigenvalue weighted by molar-refractivity contribution is 0.321. The highest BCUT2D eigenvalue weighted by Crippen LogP contribution is 2.24. The van der Waals surface area contributed by atoms with Gasteiger partial charge in [-0.15, -0.1) is 0 Å². The summed E-state index contributed by atoms with van der Waals surface area (Å²) in [6.07, 6.45) is 3.14. The van der Waals surface area contributed by atoms with E-state index in [2.05, 4.69) is 61.2 Å². The van der Waals surface area contributed by atoms with Crippen molar-refractivity contribution in [1.82, 2.24) is 24.9 Å². The maximum Gasteiger partial charge on any atom is 0.191 e. The average Bonchev–Trinajstić information content (AvgIpc) is 3.43. The van der Waals surface area contributed by atoms with Crippen molar-refractivity contribution in [2.24, 2.45) is 4.99 Å². The van der Waals surface area contributed by atoms with Gasteiger partial charge in [-0.25, -0.2) is 4.98 Å². The van der Waals surface area contributed by atoms with Crippen LogP contribution in [0.2, 0.25) is 0 Å². The van der Waals surface area contributed by atoms with Crippen molar-refractivity contribution in [3.63, 3.8) is 0 Å². The first-order valence-electron chi connectivity index (χ1n) is 10.9. The van der Waals surface area contributed by atoms with Gasteiger partial charge in [-0.05, 0) is 43.2 Å². The Morgan fingerprint density at radius 3 is 2.66 bits per heavy atom. The zero-order valence-corrected chi connectivity index (χ0v) is 19.3. The van der Waals surface area contributed by atoms with Gasteiger partial charge < -0.3 is 24.5 Å². The Labute approximate surface area is 189 Å². The molecule has 1 saturated heterocycles. The summed E-state index contributed by atoms with van der Waals surface area (Å²) in [4.78, 5) is 11.5. The van der Waals surface area contributed by atoms with Crippen molar-refractivity contribution >= 4 is 11.6 Å². The number of fused-ring (bicyclic) bond motifs is 1. The molecule has 0 spiro atoms. The Kier molecular flexibility index (Phi) is 6.80. The van der Waals surface area contributed by atoms with Gasteiger partial charge in [0.25, 0.3) is 0 Å². The molecular formula is C24H32N6O2. The van der Waals surface area contributed by atoms with E-state index in [1.807, 2.05) is 18.2 Å². The summed E-state index contributed by atoms with van der Waals surface area (Å²) in [5, 5.41) is 6.95. The third kappa shape index (κ3) is 5.13. The summed E-state index contributed by atoms with van der Waals surface area (Å²) < 4.78 is 12.9. The minimum Gasteiger partial charge on any atom is -0.497 e. The van der Waals surface area contributed by atoms with Gasteiger partial charge in [-0.3, -0.25) is 9.89 Å². The molecule has 0 radical (unpaired) electrons. The van der Waals surface area contributed by atoms with Crippen molar-refractivity contribution in [3.8, 4) is 11.5 Å². The molecule has 1 atom stereocenters. The van der Waals surface area contributed by atoms with E-state index in [0.717, 1.165) is 54.9 Å². The van der Waals surface area contributed by atoms with E-state index in [9.17, 15) is 0 Å². The summed E-state index contributed by atoms with van der Waals surface area (Å²) in [7, 11) is 5.17. The molecular weight excluding hydrogens is 404 g/mol. The second-order valence-electron chi connectivity index (χ2n) is 8.14. The fraction of sp³-hybridized carbons (Fsp3) is 0.417. The average molecular weight is 437 g/mol. The molecule has 1 aromatic carbocycles. The van der Waals surface area contributed by atoms with E-state index in [1.165, 1.54) is 11.3 Å². The zero-order chi connectivity index (χ0) is 22.5. The van der Waals surface area contributed by atoms with Crippen molar-refractivity contribution in [2.45, 2.75) is 32.5 Å². The number of aliphatic imine (C=N–C) groups is 1. The number of methoxy groups -OCH3 is 2. The summed E-state index contributed by atoms with van der Waals surface area (Å²) in [5.74, 6) is 2.44. The van der Waals surface area contributed by atoms with Gasteiger partial charge >= 0.3 is 0 Å². The fourth-order valence-electron chi connectivity index (χ4n) is 4.16. The normalized spacial score (nSPS) is 17.0. The maximum atomic E-state index is 5.40. The number of rotatable bonds is 7. The van der Waals surface area contributed by atoms with Gasteiger partial charge in [0.05, 0.1) is 26.5 Å². The molecule has 4 rings (SSSR count). The van der Waals surface area contributed by atoms with E-state index in [0.29, 0.717) is 12.6 Å². The number of aryl methyl sites for hydroxylation is 1. The Hall–Kier alpha value is -3.26. The molecule has 1 unspecified atom stereocenters. The second kappa shape index (κ2) is 9.91. The van der Waals surface area contributed by atoms with Crippen LogP contribution in [0.15, 0.2) is 47.6 Å². The molecule has 2 N–H and O–H groups in total. The Morgan fingerprint density at radius 2 is 1.97 bits per heavy atom. The Balaban J connectivity index is 1.30. The van der Waals surface area contributed by atoms with E-state index >= 15 is 0 Å². The smallest absolute Gasteiger partial charge is 0.191 e. The minimum atomic E-state index is 0.344. The predicted molar refractivity (Wildman–Crippen MR) is 126 cm³/mol. The molecule has 170 valence electrons. The van der Waals surface area contributed by atoms with Crippen LogP contribution < -0.4 is 20.1 Å². The van der Waals surface area contributed by atoms with Crippen LogP contribution in [0.4, 0.5) is 0 Å². The number of benzene rings is 1. The third-order valence-corrected chi connectivity index (χ3v) is 5.84. The molecule has 3 aromatic rings. The lowest BCUT2D eigenvalue weighted by Crippen LogP contribution is -2.44. The van der Waals surface area contributed by atoms with Crippen molar-refractivity contribution in [1.29, 1.82) is 0 Å². The van der Waals surface area contributed by atoms with E-state index in [-0.39, 0.29) is 0 Å². The molecule has 8 heteroatoms. The van der Waals surface area contributed by atoms with Crippen LogP contribution in [0.25, 0.3) is 5.65 Å². The van der Waals surface area contributed by atoms with Crippen LogP contribution in [0.5, 0.6) is 11.5 Å². The first-order chi connectivity index (χ1) is 15.6. The van der Waals surface area contributed by atoms with Crippen LogP contribution >= 0.6 is 0 Å². The van der Waals surface area contributed by atoms with Gasteiger partial charge in [0.15, 0.2) is 5.96 Å². The Bertz CT molecular complexity index is 1070. The summed E-state index contributed by atoms with van der Waals surface area (Å²) >= 11 is 0. The van der Waals surface area contributed by atoms with Crippen LogP contribution in [0, 0.1) is 6.92 Å². The van der Waals surface area contributed by atoms with Gasteiger partial charge in [0, 0.05) is 50.7 Å². The maximum absolute atomic E-state index is 5.40. The highest BCUT2D eigenvalue weighted by molar-refractivity contribution is 5.80. The van der Waals surface area contributed by atoms with Gasteiger partial charge in [-0.1, -0.05) is 6.07 Å². The molecule has 0 saturated carbocycles. The zero-order valence-electron chi connectivity index (χ0n) is 19.3. The molecule has 2 aromatic heterocycles. The van der Waals surface area contributed by atoms with E-state index < -0.39 is 0 Å². The number of likely N-dealkylation sites (tertiary alicyclic amines) is 1. The first-order valence-corrected chi connectivity index (χ1v) is 10.9. The second-order valence-corrected chi connectivity index (χ2v) is 8.14. The standard InChI is InChI=1S/C24H32N6O2/c1-17-6-5-7-23-27-20(16-30(17)23)13-26-24(25-2)28-19-8-9-29(15-19)14-18-10-21(31-3)12-22(11-18)32-4/h5-7,10-12,16,19H,8-9,13-15H2,1-4H3,(H2,25,26,28). The van der Waals surface area contributed by atoms with Crippen molar-refractivity contribution < 1.29 is 9.47 Å². The SMILES string of the molecule is CN=C(NCc1cn2c(C)cccc2n1)NC1CCN(Cc2cc(OC)cc(OC)c2)C1. The summed E-state index contributed by atoms with van der Waals surface area (Å²) in [6, 6.07) is 12.5. The molecule has 0 amide bonds. The monoisotopic (exact) mass is 436 g/mol. The lowest BCUT2D eigenvalue weighted by Gasteiger charge is -2.19. The quantitative estimate of drug-likeness (QED) is 0.438. The van der Waals surface area contributed by atoms with Crippen molar-refractivity contribution in [2.75, 3.05) is 34.4 Å². The lowest BCUT2D eigenvalue weighted by atomic mass is 10.2. The fourth-order valence-corrected chi connectivity index (χ4v) is 4.16. The number of ether oxygens (including phenoxy) is 2. The first kappa shape index (κ1) is 22.0. The number of hydrogen-bond acceptors (Lipinski definition) is 5. The van der Waals surface area contributed by atoms with Crippen molar-refractivity contribution in [3.05, 3.63) is 59.5 Å².